The van der Waals surface area contributed by atoms with Crippen molar-refractivity contribution in [1.29, 1.82) is 0 Å². The smallest absolute Gasteiger partial charge is 0.222 e. The van der Waals surface area contributed by atoms with Crippen LogP contribution < -0.4 is 11.5 Å². The van der Waals surface area contributed by atoms with Gasteiger partial charge >= 0.3 is 0 Å². The molecule has 1 aliphatic heterocycles. The minimum absolute atomic E-state index is 0.0585. The average Bonchev–Trinajstić information content (AvgIpc) is 2.99. The fraction of sp³-hybridized carbons (Fsp3) is 0.462. The molecule has 3 heterocycles. The predicted octanol–water partition coefficient (Wildman–Crippen LogP) is -1.62. The molecule has 0 spiro atoms. The van der Waals surface area contributed by atoms with Crippen LogP contribution in [0.1, 0.15) is 13.2 Å². The number of imidazole rings is 1. The summed E-state index contributed by atoms with van der Waals surface area (Å²) in [5, 5.41) is 20.1. The molecule has 6 N–H and O–H groups in total. The Labute approximate surface area is 125 Å². The van der Waals surface area contributed by atoms with Gasteiger partial charge in [-0.25, -0.2) is 9.97 Å². The van der Waals surface area contributed by atoms with E-state index in [2.05, 4.69) is 20.9 Å². The van der Waals surface area contributed by atoms with Crippen molar-refractivity contribution in [3.63, 3.8) is 0 Å². The molecule has 0 saturated carbocycles. The third kappa shape index (κ3) is 1.93. The molecule has 0 aliphatic carbocycles. The fourth-order valence-electron chi connectivity index (χ4n) is 2.60. The normalized spacial score (nSPS) is 33.0. The highest BCUT2D eigenvalue weighted by Crippen LogP contribution is 2.38. The Morgan fingerprint density at radius 3 is 2.91 bits per heavy atom. The van der Waals surface area contributed by atoms with Crippen LogP contribution in [0, 0.1) is 12.3 Å². The maximum atomic E-state index is 10.3. The van der Waals surface area contributed by atoms with Crippen LogP contribution in [0.2, 0.25) is 0 Å². The van der Waals surface area contributed by atoms with Gasteiger partial charge in [0.25, 0.3) is 0 Å². The lowest BCUT2D eigenvalue weighted by atomic mass is 9.90. The summed E-state index contributed by atoms with van der Waals surface area (Å²) < 4.78 is 7.17. The van der Waals surface area contributed by atoms with E-state index in [9.17, 15) is 10.2 Å². The van der Waals surface area contributed by atoms with Crippen LogP contribution in [0.4, 0.5) is 5.95 Å². The van der Waals surface area contributed by atoms with Gasteiger partial charge in [-0.3, -0.25) is 4.57 Å². The van der Waals surface area contributed by atoms with Crippen LogP contribution >= 0.6 is 0 Å². The molecule has 0 bridgehead atoms. The first kappa shape index (κ1) is 14.7. The quantitative estimate of drug-likeness (QED) is 0.484. The second kappa shape index (κ2) is 4.89. The van der Waals surface area contributed by atoms with Gasteiger partial charge < -0.3 is 26.4 Å². The minimum Gasteiger partial charge on any atom is -0.391 e. The van der Waals surface area contributed by atoms with E-state index in [-0.39, 0.29) is 5.95 Å². The first-order valence-electron chi connectivity index (χ1n) is 6.61. The SMILES string of the molecule is C#C[C@@]1(N)C(O)[C@@H]([C@@H](C)O)O[C@H]1n1cnc2cnc(N)nc21. The van der Waals surface area contributed by atoms with E-state index in [0.29, 0.717) is 11.2 Å². The summed E-state index contributed by atoms with van der Waals surface area (Å²) in [5.74, 6) is 2.42. The van der Waals surface area contributed by atoms with E-state index in [4.69, 9.17) is 22.6 Å². The molecule has 2 aromatic heterocycles. The van der Waals surface area contributed by atoms with Crippen molar-refractivity contribution >= 4 is 17.1 Å². The van der Waals surface area contributed by atoms with Gasteiger partial charge in [-0.15, -0.1) is 6.42 Å². The largest absolute Gasteiger partial charge is 0.391 e. The van der Waals surface area contributed by atoms with Gasteiger partial charge in [0.15, 0.2) is 17.4 Å². The molecule has 9 nitrogen and oxygen atoms in total. The summed E-state index contributed by atoms with van der Waals surface area (Å²) in [4.78, 5) is 12.1. The Hall–Kier alpha value is -2.25. The van der Waals surface area contributed by atoms with Gasteiger partial charge in [0, 0.05) is 0 Å². The van der Waals surface area contributed by atoms with E-state index in [0.717, 1.165) is 0 Å². The van der Waals surface area contributed by atoms with E-state index in [1.54, 1.807) is 0 Å². The first-order valence-corrected chi connectivity index (χ1v) is 6.61. The van der Waals surface area contributed by atoms with Gasteiger partial charge in [-0.05, 0) is 6.92 Å². The number of terminal acetylenes is 1. The topological polar surface area (TPSA) is 145 Å². The van der Waals surface area contributed by atoms with Crippen LogP contribution in [0.5, 0.6) is 0 Å². The molecule has 1 fully saturated rings. The van der Waals surface area contributed by atoms with Crippen molar-refractivity contribution in [3.05, 3.63) is 12.5 Å². The molecule has 116 valence electrons. The number of rotatable bonds is 2. The van der Waals surface area contributed by atoms with Crippen molar-refractivity contribution in [2.75, 3.05) is 5.73 Å². The number of ether oxygens (including phenoxy) is 1. The van der Waals surface area contributed by atoms with Gasteiger partial charge in [0.2, 0.25) is 5.95 Å². The second-order valence-electron chi connectivity index (χ2n) is 5.30. The van der Waals surface area contributed by atoms with Crippen molar-refractivity contribution in [2.45, 2.75) is 37.0 Å². The second-order valence-corrected chi connectivity index (χ2v) is 5.30. The van der Waals surface area contributed by atoms with Crippen LogP contribution in [-0.2, 0) is 4.74 Å². The number of hydrogen-bond acceptors (Lipinski definition) is 8. The molecule has 2 aromatic rings. The highest BCUT2D eigenvalue weighted by Gasteiger charge is 2.55. The third-order valence-corrected chi connectivity index (χ3v) is 3.81. The number of nitrogens with zero attached hydrogens (tertiary/aromatic N) is 4. The molecular formula is C13H16N6O3. The van der Waals surface area contributed by atoms with Crippen LogP contribution in [0.25, 0.3) is 11.2 Å². The summed E-state index contributed by atoms with van der Waals surface area (Å²) in [6.45, 7) is 1.49. The molecule has 0 radical (unpaired) electrons. The Bertz CT molecular complexity index is 754. The highest BCUT2D eigenvalue weighted by atomic mass is 16.5. The summed E-state index contributed by atoms with van der Waals surface area (Å²) in [7, 11) is 0. The van der Waals surface area contributed by atoms with E-state index in [1.807, 2.05) is 0 Å². The lowest BCUT2D eigenvalue weighted by molar-refractivity contribution is -0.0756. The number of fused-ring (bicyclic) bond motifs is 1. The zero-order valence-corrected chi connectivity index (χ0v) is 11.8. The van der Waals surface area contributed by atoms with Crippen LogP contribution in [0.15, 0.2) is 12.5 Å². The molecule has 9 heteroatoms. The molecule has 3 rings (SSSR count). The Morgan fingerprint density at radius 2 is 2.27 bits per heavy atom. The van der Waals surface area contributed by atoms with Crippen molar-refractivity contribution < 1.29 is 14.9 Å². The van der Waals surface area contributed by atoms with Gasteiger partial charge in [0.1, 0.15) is 17.7 Å². The summed E-state index contributed by atoms with van der Waals surface area (Å²) in [6, 6.07) is 0. The number of anilines is 1. The molecule has 22 heavy (non-hydrogen) atoms. The maximum Gasteiger partial charge on any atom is 0.222 e. The van der Waals surface area contributed by atoms with Crippen LogP contribution in [-0.4, -0.2) is 53.6 Å². The van der Waals surface area contributed by atoms with Gasteiger partial charge in [-0.1, -0.05) is 5.92 Å². The molecule has 1 saturated heterocycles. The zero-order valence-electron chi connectivity index (χ0n) is 11.8. The van der Waals surface area contributed by atoms with Gasteiger partial charge in [0.05, 0.1) is 18.6 Å². The standard InChI is InChI=1S/C13H16N6O3/c1-3-13(15)9(21)8(6(2)20)22-11(13)19-5-17-7-4-16-12(14)18-10(7)19/h1,4-6,8-9,11,20-21H,15H2,2H3,(H2,14,16,18)/t6-,8-,9?,11-,13-/m1/s1. The molecule has 1 aliphatic rings. The van der Waals surface area contributed by atoms with Gasteiger partial charge in [-0.2, -0.15) is 4.98 Å². The number of nitrogen functional groups attached to an aromatic ring is 1. The number of aliphatic hydroxyl groups is 2. The fourth-order valence-corrected chi connectivity index (χ4v) is 2.60. The first-order chi connectivity index (χ1) is 10.4. The van der Waals surface area contributed by atoms with E-state index in [1.165, 1.54) is 24.0 Å². The number of aliphatic hydroxyl groups excluding tert-OH is 2. The number of nitrogens with two attached hydrogens (primary N) is 2. The van der Waals surface area contributed by atoms with Crippen molar-refractivity contribution in [3.8, 4) is 12.3 Å². The minimum atomic E-state index is -1.55. The number of hydrogen-bond donors (Lipinski definition) is 4. The Kier molecular flexibility index (Phi) is 3.26. The zero-order chi connectivity index (χ0) is 16.1. The molecule has 1 unspecified atom stereocenters. The Morgan fingerprint density at radius 1 is 1.55 bits per heavy atom. The molecule has 5 atom stereocenters. The highest BCUT2D eigenvalue weighted by molar-refractivity contribution is 5.70. The number of aromatic nitrogens is 4. The van der Waals surface area contributed by atoms with Crippen molar-refractivity contribution in [2.24, 2.45) is 5.73 Å². The van der Waals surface area contributed by atoms with E-state index >= 15 is 0 Å². The van der Waals surface area contributed by atoms with E-state index < -0.39 is 30.1 Å². The average molecular weight is 304 g/mol. The van der Waals surface area contributed by atoms with Crippen molar-refractivity contribution in [1.82, 2.24) is 19.5 Å². The third-order valence-electron chi connectivity index (χ3n) is 3.81. The lowest BCUT2D eigenvalue weighted by Gasteiger charge is -2.27. The Balaban J connectivity index is 2.13. The maximum absolute atomic E-state index is 10.3. The molecular weight excluding hydrogens is 288 g/mol. The summed E-state index contributed by atoms with van der Waals surface area (Å²) >= 11 is 0. The summed E-state index contributed by atoms with van der Waals surface area (Å²) in [5.41, 5.74) is 11.0. The monoisotopic (exact) mass is 304 g/mol. The predicted molar refractivity (Wildman–Crippen MR) is 77.1 cm³/mol. The molecule has 0 amide bonds. The van der Waals surface area contributed by atoms with Crippen LogP contribution in [0.3, 0.4) is 0 Å². The molecule has 0 aromatic carbocycles. The lowest BCUT2D eigenvalue weighted by Crippen LogP contribution is -2.54. The summed E-state index contributed by atoms with van der Waals surface area (Å²) in [6.07, 6.45) is 4.31.